The van der Waals surface area contributed by atoms with Crippen LogP contribution in [0.25, 0.3) is 11.1 Å². The van der Waals surface area contributed by atoms with Gasteiger partial charge in [0.2, 0.25) is 5.95 Å². The van der Waals surface area contributed by atoms with Crippen LogP contribution in [0.2, 0.25) is 0 Å². The van der Waals surface area contributed by atoms with E-state index in [4.69, 9.17) is 4.74 Å². The van der Waals surface area contributed by atoms with Gasteiger partial charge in [-0.1, -0.05) is 25.3 Å². The van der Waals surface area contributed by atoms with Gasteiger partial charge in [0.15, 0.2) is 0 Å². The van der Waals surface area contributed by atoms with Gasteiger partial charge in [-0.3, -0.25) is 0 Å². The van der Waals surface area contributed by atoms with Gasteiger partial charge in [-0.25, -0.2) is 4.98 Å². The Hall–Kier alpha value is -1.90. The molecule has 1 fully saturated rings. The Bertz CT molecular complexity index is 662. The lowest BCUT2D eigenvalue weighted by molar-refractivity contribution is 0.410. The minimum absolute atomic E-state index is 0.387. The molecular formula is C19H22FNO. The normalized spacial score (nSPS) is 15.8. The van der Waals surface area contributed by atoms with Gasteiger partial charge in [-0.15, -0.1) is 0 Å². The SMILES string of the molecule is COc1ccc(-c2ccc(C)nc2F)c(C2CCCCC2)c1. The Labute approximate surface area is 131 Å². The monoisotopic (exact) mass is 299 g/mol. The highest BCUT2D eigenvalue weighted by Gasteiger charge is 2.21. The fourth-order valence-electron chi connectivity index (χ4n) is 3.39. The predicted molar refractivity (Wildman–Crippen MR) is 86.7 cm³/mol. The number of hydrogen-bond donors (Lipinski definition) is 0. The number of aryl methyl sites for hydroxylation is 1. The van der Waals surface area contributed by atoms with Gasteiger partial charge in [0.25, 0.3) is 0 Å². The van der Waals surface area contributed by atoms with E-state index in [1.165, 1.54) is 37.7 Å². The number of ether oxygens (including phenoxy) is 1. The third-order valence-electron chi connectivity index (χ3n) is 4.58. The second-order valence-corrected chi connectivity index (χ2v) is 6.08. The summed E-state index contributed by atoms with van der Waals surface area (Å²) in [4.78, 5) is 3.98. The van der Waals surface area contributed by atoms with Crippen molar-refractivity contribution in [1.29, 1.82) is 0 Å². The minimum Gasteiger partial charge on any atom is -0.497 e. The summed E-state index contributed by atoms with van der Waals surface area (Å²) in [6, 6.07) is 9.66. The molecule has 1 aromatic carbocycles. The van der Waals surface area contributed by atoms with Gasteiger partial charge in [0, 0.05) is 11.3 Å². The molecule has 0 unspecified atom stereocenters. The largest absolute Gasteiger partial charge is 0.497 e. The zero-order valence-electron chi connectivity index (χ0n) is 13.2. The third-order valence-corrected chi connectivity index (χ3v) is 4.58. The highest BCUT2D eigenvalue weighted by molar-refractivity contribution is 5.69. The van der Waals surface area contributed by atoms with Gasteiger partial charge >= 0.3 is 0 Å². The maximum absolute atomic E-state index is 14.3. The van der Waals surface area contributed by atoms with Crippen LogP contribution in [0.3, 0.4) is 0 Å². The second kappa shape index (κ2) is 6.47. The van der Waals surface area contributed by atoms with Crippen molar-refractivity contribution in [3.63, 3.8) is 0 Å². The summed E-state index contributed by atoms with van der Waals surface area (Å²) in [7, 11) is 1.67. The first-order valence-electron chi connectivity index (χ1n) is 8.00. The summed E-state index contributed by atoms with van der Waals surface area (Å²) in [5.74, 6) is 0.937. The molecule has 0 saturated heterocycles. The first kappa shape index (κ1) is 15.0. The molecule has 0 amide bonds. The van der Waals surface area contributed by atoms with Crippen LogP contribution in [0.15, 0.2) is 30.3 Å². The van der Waals surface area contributed by atoms with E-state index in [2.05, 4.69) is 11.1 Å². The van der Waals surface area contributed by atoms with E-state index in [1.807, 2.05) is 31.2 Å². The summed E-state index contributed by atoms with van der Waals surface area (Å²) < 4.78 is 19.7. The molecule has 0 atom stereocenters. The van der Waals surface area contributed by atoms with E-state index in [1.54, 1.807) is 7.11 Å². The molecular weight excluding hydrogens is 277 g/mol. The lowest BCUT2D eigenvalue weighted by Crippen LogP contribution is -2.07. The number of aromatic nitrogens is 1. The van der Waals surface area contributed by atoms with Crippen molar-refractivity contribution in [1.82, 2.24) is 4.98 Å². The number of rotatable bonds is 3. The van der Waals surface area contributed by atoms with Crippen LogP contribution in [-0.4, -0.2) is 12.1 Å². The van der Waals surface area contributed by atoms with E-state index >= 15 is 0 Å². The molecule has 1 aliphatic carbocycles. The van der Waals surface area contributed by atoms with Crippen LogP contribution in [0.1, 0.15) is 49.3 Å². The molecule has 1 heterocycles. The molecule has 0 aliphatic heterocycles. The lowest BCUT2D eigenvalue weighted by atomic mass is 9.81. The van der Waals surface area contributed by atoms with Crippen molar-refractivity contribution in [2.75, 3.05) is 7.11 Å². The van der Waals surface area contributed by atoms with E-state index in [-0.39, 0.29) is 5.95 Å². The Balaban J connectivity index is 2.09. The lowest BCUT2D eigenvalue weighted by Gasteiger charge is -2.25. The molecule has 1 saturated carbocycles. The predicted octanol–water partition coefficient (Wildman–Crippen LogP) is 5.25. The highest BCUT2D eigenvalue weighted by atomic mass is 19.1. The number of pyridine rings is 1. The van der Waals surface area contributed by atoms with Gasteiger partial charge in [-0.05, 0) is 61.1 Å². The molecule has 3 heteroatoms. The molecule has 1 aliphatic rings. The number of methoxy groups -OCH3 is 1. The Morgan fingerprint density at radius 3 is 2.45 bits per heavy atom. The fraction of sp³-hybridized carbons (Fsp3) is 0.421. The summed E-state index contributed by atoms with van der Waals surface area (Å²) in [5, 5.41) is 0. The van der Waals surface area contributed by atoms with Crippen molar-refractivity contribution in [3.8, 4) is 16.9 Å². The van der Waals surface area contributed by atoms with Crippen LogP contribution >= 0.6 is 0 Å². The topological polar surface area (TPSA) is 22.1 Å². The van der Waals surface area contributed by atoms with Gasteiger partial charge in [0.1, 0.15) is 5.75 Å². The second-order valence-electron chi connectivity index (χ2n) is 6.08. The molecule has 0 bridgehead atoms. The molecule has 3 rings (SSSR count). The average Bonchev–Trinajstić information content (AvgIpc) is 2.55. The van der Waals surface area contributed by atoms with Gasteiger partial charge in [-0.2, -0.15) is 4.39 Å². The van der Waals surface area contributed by atoms with E-state index in [0.717, 1.165) is 11.3 Å². The maximum Gasteiger partial charge on any atom is 0.220 e. The zero-order chi connectivity index (χ0) is 15.5. The van der Waals surface area contributed by atoms with Gasteiger partial charge < -0.3 is 4.74 Å². The zero-order valence-corrected chi connectivity index (χ0v) is 13.2. The smallest absolute Gasteiger partial charge is 0.220 e. The quantitative estimate of drug-likeness (QED) is 0.722. The molecule has 1 aromatic heterocycles. The highest BCUT2D eigenvalue weighted by Crippen LogP contribution is 2.40. The maximum atomic E-state index is 14.3. The van der Waals surface area contributed by atoms with Crippen molar-refractivity contribution >= 4 is 0 Å². The summed E-state index contributed by atoms with van der Waals surface area (Å²) in [6.07, 6.45) is 6.13. The number of benzene rings is 1. The first-order valence-corrected chi connectivity index (χ1v) is 8.00. The number of nitrogens with zero attached hydrogens (tertiary/aromatic N) is 1. The van der Waals surface area contributed by atoms with Crippen LogP contribution in [0.5, 0.6) is 5.75 Å². The molecule has 2 nitrogen and oxygen atoms in total. The molecule has 22 heavy (non-hydrogen) atoms. The van der Waals surface area contributed by atoms with Crippen molar-refractivity contribution in [2.24, 2.45) is 0 Å². The Morgan fingerprint density at radius 2 is 1.77 bits per heavy atom. The van der Waals surface area contributed by atoms with E-state index < -0.39 is 0 Å². The van der Waals surface area contributed by atoms with Crippen LogP contribution in [-0.2, 0) is 0 Å². The van der Waals surface area contributed by atoms with Crippen molar-refractivity contribution in [3.05, 3.63) is 47.5 Å². The first-order chi connectivity index (χ1) is 10.7. The van der Waals surface area contributed by atoms with E-state index in [0.29, 0.717) is 17.2 Å². The summed E-state index contributed by atoms with van der Waals surface area (Å²) >= 11 is 0. The molecule has 116 valence electrons. The Morgan fingerprint density at radius 1 is 1.05 bits per heavy atom. The molecule has 0 radical (unpaired) electrons. The summed E-state index contributed by atoms with van der Waals surface area (Å²) in [5.41, 5.74) is 3.45. The number of halogens is 1. The molecule has 0 spiro atoms. The van der Waals surface area contributed by atoms with Gasteiger partial charge in [0.05, 0.1) is 7.11 Å². The standard InChI is InChI=1S/C19H22FNO/c1-13-8-10-17(19(20)21-13)16-11-9-15(22-2)12-18(16)14-6-4-3-5-7-14/h8-12,14H,3-7H2,1-2H3. The molecule has 2 aromatic rings. The van der Waals surface area contributed by atoms with E-state index in [9.17, 15) is 4.39 Å². The van der Waals surface area contributed by atoms with Crippen molar-refractivity contribution < 1.29 is 9.13 Å². The third kappa shape index (κ3) is 2.99. The minimum atomic E-state index is -0.387. The van der Waals surface area contributed by atoms with Crippen molar-refractivity contribution in [2.45, 2.75) is 44.9 Å². The van der Waals surface area contributed by atoms with Crippen LogP contribution < -0.4 is 4.74 Å². The average molecular weight is 299 g/mol. The van der Waals surface area contributed by atoms with Crippen LogP contribution in [0, 0.1) is 12.9 Å². The Kier molecular flexibility index (Phi) is 4.41. The fourth-order valence-corrected chi connectivity index (χ4v) is 3.39. The summed E-state index contributed by atoms with van der Waals surface area (Å²) in [6.45, 7) is 1.81. The molecule has 0 N–H and O–H groups in total. The van der Waals surface area contributed by atoms with Crippen LogP contribution in [0.4, 0.5) is 4.39 Å². The number of hydrogen-bond acceptors (Lipinski definition) is 2.